The Morgan fingerprint density at radius 3 is 2.61 bits per heavy atom. The van der Waals surface area contributed by atoms with Crippen LogP contribution in [0.5, 0.6) is 0 Å². The van der Waals surface area contributed by atoms with Gasteiger partial charge in [0, 0.05) is 18.3 Å². The SMILES string of the molecule is Cc1cc(NCCS(=O)(=O)CC(C)C)nc(N)n1. The second kappa shape index (κ2) is 5.99. The number of hydrogen-bond donors (Lipinski definition) is 2. The molecule has 0 radical (unpaired) electrons. The summed E-state index contributed by atoms with van der Waals surface area (Å²) in [5.74, 6) is 1.18. The Morgan fingerprint density at radius 1 is 1.39 bits per heavy atom. The monoisotopic (exact) mass is 272 g/mol. The summed E-state index contributed by atoms with van der Waals surface area (Å²) in [6.07, 6.45) is 0. The molecule has 1 aromatic heterocycles. The number of aryl methyl sites for hydroxylation is 1. The molecule has 6 nitrogen and oxygen atoms in total. The van der Waals surface area contributed by atoms with E-state index in [1.807, 2.05) is 13.8 Å². The molecule has 0 aliphatic rings. The predicted octanol–water partition coefficient (Wildman–Crippen LogP) is 0.850. The molecule has 18 heavy (non-hydrogen) atoms. The molecule has 0 fully saturated rings. The molecule has 0 spiro atoms. The van der Waals surface area contributed by atoms with Crippen molar-refractivity contribution in [3.05, 3.63) is 11.8 Å². The van der Waals surface area contributed by atoms with Gasteiger partial charge in [-0.05, 0) is 12.8 Å². The van der Waals surface area contributed by atoms with Crippen LogP contribution in [-0.2, 0) is 9.84 Å². The first kappa shape index (κ1) is 14.7. The van der Waals surface area contributed by atoms with E-state index in [9.17, 15) is 8.42 Å². The number of nitrogen functional groups attached to an aromatic ring is 1. The lowest BCUT2D eigenvalue weighted by Gasteiger charge is -2.09. The molecule has 102 valence electrons. The van der Waals surface area contributed by atoms with Crippen LogP contribution in [0.25, 0.3) is 0 Å². The molecule has 1 rings (SSSR count). The van der Waals surface area contributed by atoms with Gasteiger partial charge in [-0.3, -0.25) is 0 Å². The van der Waals surface area contributed by atoms with Crippen molar-refractivity contribution in [3.63, 3.8) is 0 Å². The molecule has 1 aromatic rings. The van der Waals surface area contributed by atoms with E-state index in [4.69, 9.17) is 5.73 Å². The summed E-state index contributed by atoms with van der Waals surface area (Å²) in [7, 11) is -3.01. The van der Waals surface area contributed by atoms with Crippen molar-refractivity contribution in [3.8, 4) is 0 Å². The molecule has 0 amide bonds. The second-order valence-electron chi connectivity index (χ2n) is 4.69. The normalized spacial score (nSPS) is 11.8. The first-order valence-corrected chi connectivity index (χ1v) is 7.66. The fourth-order valence-electron chi connectivity index (χ4n) is 1.61. The van der Waals surface area contributed by atoms with Gasteiger partial charge in [0.15, 0.2) is 9.84 Å². The summed E-state index contributed by atoms with van der Waals surface area (Å²) in [5, 5.41) is 2.95. The maximum absolute atomic E-state index is 11.7. The summed E-state index contributed by atoms with van der Waals surface area (Å²) < 4.78 is 23.3. The van der Waals surface area contributed by atoms with Gasteiger partial charge in [0.1, 0.15) is 5.82 Å². The van der Waals surface area contributed by atoms with Crippen LogP contribution in [0.1, 0.15) is 19.5 Å². The third-order valence-corrected chi connectivity index (χ3v) is 4.18. The Hall–Kier alpha value is -1.37. The fourth-order valence-corrected chi connectivity index (χ4v) is 3.20. The maximum Gasteiger partial charge on any atom is 0.222 e. The van der Waals surface area contributed by atoms with Crippen LogP contribution in [0.15, 0.2) is 6.07 Å². The van der Waals surface area contributed by atoms with Crippen molar-refractivity contribution in [2.45, 2.75) is 20.8 Å². The van der Waals surface area contributed by atoms with Crippen molar-refractivity contribution in [2.75, 3.05) is 29.1 Å². The van der Waals surface area contributed by atoms with Gasteiger partial charge in [-0.25, -0.2) is 13.4 Å². The van der Waals surface area contributed by atoms with Gasteiger partial charge in [-0.1, -0.05) is 13.8 Å². The summed E-state index contributed by atoms with van der Waals surface area (Å²) in [5.41, 5.74) is 6.25. The minimum absolute atomic E-state index is 0.0914. The number of nitrogens with one attached hydrogen (secondary N) is 1. The van der Waals surface area contributed by atoms with E-state index in [1.165, 1.54) is 0 Å². The molecular weight excluding hydrogens is 252 g/mol. The number of aromatic nitrogens is 2. The molecule has 0 bridgehead atoms. The lowest BCUT2D eigenvalue weighted by molar-refractivity contribution is 0.583. The zero-order valence-corrected chi connectivity index (χ0v) is 11.8. The molecular formula is C11H20N4O2S. The largest absolute Gasteiger partial charge is 0.369 e. The number of hydrogen-bond acceptors (Lipinski definition) is 6. The van der Waals surface area contributed by atoms with Crippen molar-refractivity contribution in [2.24, 2.45) is 5.92 Å². The third-order valence-electron chi connectivity index (χ3n) is 2.18. The van der Waals surface area contributed by atoms with E-state index < -0.39 is 9.84 Å². The average molecular weight is 272 g/mol. The highest BCUT2D eigenvalue weighted by atomic mass is 32.2. The quantitative estimate of drug-likeness (QED) is 0.796. The smallest absolute Gasteiger partial charge is 0.222 e. The van der Waals surface area contributed by atoms with E-state index in [1.54, 1.807) is 13.0 Å². The van der Waals surface area contributed by atoms with Crippen LogP contribution < -0.4 is 11.1 Å². The van der Waals surface area contributed by atoms with Gasteiger partial charge in [-0.15, -0.1) is 0 Å². The van der Waals surface area contributed by atoms with Crippen LogP contribution >= 0.6 is 0 Å². The van der Waals surface area contributed by atoms with E-state index >= 15 is 0 Å². The van der Waals surface area contributed by atoms with Gasteiger partial charge in [-0.2, -0.15) is 4.98 Å². The third kappa shape index (κ3) is 5.31. The first-order chi connectivity index (χ1) is 8.28. The number of nitrogens with two attached hydrogens (primary N) is 1. The summed E-state index contributed by atoms with van der Waals surface area (Å²) in [6, 6.07) is 1.73. The summed E-state index contributed by atoms with van der Waals surface area (Å²) in [4.78, 5) is 7.91. The van der Waals surface area contributed by atoms with Gasteiger partial charge in [0.25, 0.3) is 0 Å². The maximum atomic E-state index is 11.7. The standard InChI is InChI=1S/C11H20N4O2S/c1-8(2)7-18(16,17)5-4-13-10-6-9(3)14-11(12)15-10/h6,8H,4-5,7H2,1-3H3,(H3,12,13,14,15). The molecule has 0 saturated heterocycles. The highest BCUT2D eigenvalue weighted by Gasteiger charge is 2.12. The zero-order valence-electron chi connectivity index (χ0n) is 11.0. The number of rotatable bonds is 6. The number of sulfone groups is 1. The predicted molar refractivity (Wildman–Crippen MR) is 73.2 cm³/mol. The fraction of sp³-hybridized carbons (Fsp3) is 0.636. The Labute approximate surface area is 108 Å². The van der Waals surface area contributed by atoms with Gasteiger partial charge >= 0.3 is 0 Å². The minimum atomic E-state index is -3.01. The topological polar surface area (TPSA) is 98.0 Å². The molecule has 7 heteroatoms. The lowest BCUT2D eigenvalue weighted by Crippen LogP contribution is -2.21. The molecule has 0 aromatic carbocycles. The highest BCUT2D eigenvalue weighted by molar-refractivity contribution is 7.91. The van der Waals surface area contributed by atoms with Crippen LogP contribution in [0.2, 0.25) is 0 Å². The molecule has 0 aliphatic heterocycles. The second-order valence-corrected chi connectivity index (χ2v) is 6.92. The summed E-state index contributed by atoms with van der Waals surface area (Å²) in [6.45, 7) is 5.91. The van der Waals surface area contributed by atoms with E-state index in [0.29, 0.717) is 12.4 Å². The van der Waals surface area contributed by atoms with E-state index in [-0.39, 0.29) is 23.4 Å². The van der Waals surface area contributed by atoms with Crippen LogP contribution in [-0.4, -0.2) is 36.4 Å². The van der Waals surface area contributed by atoms with Crippen LogP contribution in [0.4, 0.5) is 11.8 Å². The zero-order chi connectivity index (χ0) is 13.8. The average Bonchev–Trinajstić information content (AvgIpc) is 2.12. The summed E-state index contributed by atoms with van der Waals surface area (Å²) >= 11 is 0. The molecule has 3 N–H and O–H groups in total. The number of anilines is 2. The lowest BCUT2D eigenvalue weighted by atomic mass is 10.3. The van der Waals surface area contributed by atoms with Gasteiger partial charge in [0.05, 0.1) is 11.5 Å². The Balaban J connectivity index is 2.51. The molecule has 0 unspecified atom stereocenters. The Bertz CT molecular complexity index is 480. The highest BCUT2D eigenvalue weighted by Crippen LogP contribution is 2.07. The van der Waals surface area contributed by atoms with Gasteiger partial charge in [0.2, 0.25) is 5.95 Å². The van der Waals surface area contributed by atoms with Crippen molar-refractivity contribution in [1.82, 2.24) is 9.97 Å². The van der Waals surface area contributed by atoms with Gasteiger partial charge < -0.3 is 11.1 Å². The Kier molecular flexibility index (Phi) is 4.89. The first-order valence-electron chi connectivity index (χ1n) is 5.84. The Morgan fingerprint density at radius 2 is 2.06 bits per heavy atom. The molecule has 0 atom stereocenters. The van der Waals surface area contributed by atoms with Crippen molar-refractivity contribution in [1.29, 1.82) is 0 Å². The molecule has 0 aliphatic carbocycles. The van der Waals surface area contributed by atoms with E-state index in [2.05, 4.69) is 15.3 Å². The van der Waals surface area contributed by atoms with Crippen molar-refractivity contribution < 1.29 is 8.42 Å². The molecule has 1 heterocycles. The number of nitrogens with zero attached hydrogens (tertiary/aromatic N) is 2. The van der Waals surface area contributed by atoms with E-state index in [0.717, 1.165) is 5.69 Å². The van der Waals surface area contributed by atoms with Crippen LogP contribution in [0.3, 0.4) is 0 Å². The minimum Gasteiger partial charge on any atom is -0.369 e. The van der Waals surface area contributed by atoms with Crippen LogP contribution in [0, 0.1) is 12.8 Å². The molecule has 0 saturated carbocycles. The van der Waals surface area contributed by atoms with Crippen molar-refractivity contribution >= 4 is 21.6 Å².